The fraction of sp³-hybridized carbons (Fsp3) is 0. The fourth-order valence-electron chi connectivity index (χ4n) is 1.57. The van der Waals surface area contributed by atoms with Crippen molar-refractivity contribution in [2.24, 2.45) is 0 Å². The normalized spacial score (nSPS) is 11.5. The predicted octanol–water partition coefficient (Wildman–Crippen LogP) is 3.94. The van der Waals surface area contributed by atoms with E-state index in [1.807, 2.05) is 24.3 Å². The fourth-order valence-corrected chi connectivity index (χ4v) is 9.72. The molecule has 0 aliphatic heterocycles. The second-order valence-corrected chi connectivity index (χ2v) is 16.0. The zero-order chi connectivity index (χ0) is 20.5. The summed E-state index contributed by atoms with van der Waals surface area (Å²) >= 11 is -5.73. The molecule has 1 aromatic rings. The summed E-state index contributed by atoms with van der Waals surface area (Å²) < 4.78 is 25.4. The van der Waals surface area contributed by atoms with Crippen molar-refractivity contribution in [3.8, 4) is 0 Å². The van der Waals surface area contributed by atoms with Crippen LogP contribution in [0.15, 0.2) is 124 Å². The van der Waals surface area contributed by atoms with Crippen LogP contribution in [0, 0.1) is 0 Å². The molecular formula is C22H24Bi2O4. The Morgan fingerprint density at radius 2 is 0.750 bits per heavy atom. The van der Waals surface area contributed by atoms with Crippen LogP contribution in [0.4, 0.5) is 0 Å². The van der Waals surface area contributed by atoms with E-state index >= 15 is 0 Å². The first kappa shape index (κ1) is 24.1. The van der Waals surface area contributed by atoms with Crippen LogP contribution in [0.5, 0.6) is 0 Å². The van der Waals surface area contributed by atoms with Gasteiger partial charge in [-0.2, -0.15) is 0 Å². The molecule has 0 aliphatic carbocycles. The molecule has 0 N–H and O–H groups in total. The Balaban J connectivity index is 2.98. The van der Waals surface area contributed by atoms with Gasteiger partial charge >= 0.3 is 187 Å². The van der Waals surface area contributed by atoms with Crippen molar-refractivity contribution in [1.29, 1.82) is 0 Å². The summed E-state index contributed by atoms with van der Waals surface area (Å²) in [6.45, 7) is 14.6. The number of rotatable bonds is 14. The van der Waals surface area contributed by atoms with Gasteiger partial charge in [0.15, 0.2) is 0 Å². The van der Waals surface area contributed by atoms with E-state index in [0.717, 1.165) is 6.54 Å². The van der Waals surface area contributed by atoms with E-state index in [9.17, 15) is 0 Å². The maximum atomic E-state index is 5.83. The molecule has 0 aliphatic rings. The predicted molar refractivity (Wildman–Crippen MR) is 119 cm³/mol. The Morgan fingerprint density at radius 1 is 0.500 bits per heavy atom. The summed E-state index contributed by atoms with van der Waals surface area (Å²) in [7, 11) is 0. The molecule has 0 spiro atoms. The quantitative estimate of drug-likeness (QED) is 0.164. The van der Waals surface area contributed by atoms with Gasteiger partial charge in [-0.15, -0.1) is 0 Å². The molecule has 4 nitrogen and oxygen atoms in total. The molecular weight excluding hydrogens is 746 g/mol. The third-order valence-corrected chi connectivity index (χ3v) is 13.2. The maximum absolute atomic E-state index is 5.83. The zero-order valence-electron chi connectivity index (χ0n) is 15.6. The average Bonchev–Trinajstić information content (AvgIpc) is 2.72. The van der Waals surface area contributed by atoms with Crippen molar-refractivity contribution in [3.05, 3.63) is 124 Å². The number of hydrogen-bond acceptors (Lipinski definition) is 4. The molecule has 0 saturated carbocycles. The number of allylic oxidation sites excluding steroid dienone is 8. The van der Waals surface area contributed by atoms with Crippen LogP contribution in [-0.4, -0.2) is 45.3 Å². The van der Waals surface area contributed by atoms with E-state index in [4.69, 9.17) is 11.3 Å². The molecule has 0 amide bonds. The van der Waals surface area contributed by atoms with Gasteiger partial charge in [-0.25, -0.2) is 0 Å². The SMILES string of the molecule is C=CC=C[O][Bi]([O]C=CC=C)[c]1cc[c]([Bi]([O]C=CC=C)[O]C=CC=C)cc1. The summed E-state index contributed by atoms with van der Waals surface area (Å²) in [5.41, 5.74) is 0. The third kappa shape index (κ3) is 9.87. The molecule has 146 valence electrons. The van der Waals surface area contributed by atoms with Crippen molar-refractivity contribution in [1.82, 2.24) is 0 Å². The molecule has 0 heterocycles. The summed E-state index contributed by atoms with van der Waals surface area (Å²) in [4.78, 5) is 0. The van der Waals surface area contributed by atoms with Gasteiger partial charge in [0.05, 0.1) is 0 Å². The zero-order valence-corrected chi connectivity index (χ0v) is 22.5. The van der Waals surface area contributed by atoms with Gasteiger partial charge in [0.25, 0.3) is 0 Å². The Morgan fingerprint density at radius 3 is 0.964 bits per heavy atom. The minimum atomic E-state index is -2.87. The first-order chi connectivity index (χ1) is 13.8. The van der Waals surface area contributed by atoms with Crippen molar-refractivity contribution in [2.45, 2.75) is 0 Å². The molecule has 6 heteroatoms. The summed E-state index contributed by atoms with van der Waals surface area (Å²) in [6.07, 6.45) is 20.1. The monoisotopic (exact) mass is 770 g/mol. The van der Waals surface area contributed by atoms with Gasteiger partial charge in [-0.05, 0) is 0 Å². The van der Waals surface area contributed by atoms with E-state index < -0.39 is 45.3 Å². The van der Waals surface area contributed by atoms with Gasteiger partial charge in [-0.1, -0.05) is 0 Å². The van der Waals surface area contributed by atoms with Gasteiger partial charge in [0, 0.05) is 0 Å². The van der Waals surface area contributed by atoms with Crippen LogP contribution in [0.2, 0.25) is 0 Å². The molecule has 0 saturated heterocycles. The van der Waals surface area contributed by atoms with Gasteiger partial charge in [0.1, 0.15) is 0 Å². The van der Waals surface area contributed by atoms with E-state index in [-0.39, 0.29) is 0 Å². The molecule has 0 unspecified atom stereocenters. The van der Waals surface area contributed by atoms with E-state index in [0.29, 0.717) is 0 Å². The molecule has 0 fully saturated rings. The molecule has 0 bridgehead atoms. The molecule has 0 atom stereocenters. The Hall–Kier alpha value is -1.89. The first-order valence-corrected chi connectivity index (χ1v) is 17.4. The van der Waals surface area contributed by atoms with Crippen LogP contribution < -0.4 is 6.54 Å². The van der Waals surface area contributed by atoms with Crippen LogP contribution in [0.1, 0.15) is 0 Å². The van der Waals surface area contributed by atoms with Crippen LogP contribution in [-0.2, 0) is 11.3 Å². The molecule has 28 heavy (non-hydrogen) atoms. The number of benzene rings is 1. The van der Waals surface area contributed by atoms with Crippen LogP contribution >= 0.6 is 0 Å². The second-order valence-electron chi connectivity index (χ2n) is 4.71. The second kappa shape index (κ2) is 16.1. The summed E-state index contributed by atoms with van der Waals surface area (Å²) in [6, 6.07) is 8.06. The first-order valence-electron chi connectivity index (χ1n) is 8.24. The summed E-state index contributed by atoms with van der Waals surface area (Å²) in [5, 5.41) is 0. The Labute approximate surface area is 186 Å². The van der Waals surface area contributed by atoms with Crippen molar-refractivity contribution in [2.75, 3.05) is 0 Å². The van der Waals surface area contributed by atoms with Gasteiger partial charge < -0.3 is 0 Å². The van der Waals surface area contributed by atoms with Crippen molar-refractivity contribution >= 4 is 51.8 Å². The third-order valence-electron chi connectivity index (χ3n) is 2.76. The standard InChI is InChI=1S/C6H4.4C4H6O.2Bi/c1-2-4-6-5-3-1;4*1-2-3-4-5;;/h1-2,5-6H;4*2-5H,1H2;;/q;;;;;2*+2/p-4. The van der Waals surface area contributed by atoms with Crippen molar-refractivity contribution in [3.63, 3.8) is 0 Å². The Kier molecular flexibility index (Phi) is 13.9. The topological polar surface area (TPSA) is 36.9 Å². The molecule has 1 rings (SSSR count). The summed E-state index contributed by atoms with van der Waals surface area (Å²) in [5.74, 6) is 0. The van der Waals surface area contributed by atoms with Crippen molar-refractivity contribution < 1.29 is 11.3 Å². The van der Waals surface area contributed by atoms with Gasteiger partial charge in [0.2, 0.25) is 0 Å². The Bertz CT molecular complexity index is 630. The minimum absolute atomic E-state index is 1.05. The average molecular weight is 770 g/mol. The number of hydrogen-bond donors (Lipinski definition) is 0. The van der Waals surface area contributed by atoms with Crippen LogP contribution in [0.25, 0.3) is 0 Å². The molecule has 0 aromatic heterocycles. The van der Waals surface area contributed by atoms with Gasteiger partial charge in [-0.3, -0.25) is 0 Å². The molecule has 1 aromatic carbocycles. The van der Waals surface area contributed by atoms with E-state index in [1.165, 1.54) is 0 Å². The van der Waals surface area contributed by atoms with Crippen LogP contribution in [0.3, 0.4) is 0 Å². The molecule has 0 radical (unpaired) electrons. The van der Waals surface area contributed by atoms with E-state index in [2.05, 4.69) is 26.3 Å². The van der Waals surface area contributed by atoms with E-state index in [1.54, 1.807) is 73.7 Å².